The molecule has 2 heterocycles. The van der Waals surface area contributed by atoms with E-state index in [1.54, 1.807) is 12.1 Å². The van der Waals surface area contributed by atoms with E-state index in [0.717, 1.165) is 39.3 Å². The summed E-state index contributed by atoms with van der Waals surface area (Å²) < 4.78 is 27.0. The Kier molecular flexibility index (Phi) is 5.31. The van der Waals surface area contributed by atoms with Gasteiger partial charge in [0, 0.05) is 5.69 Å². The number of thioether (sulfide) groups is 1. The average molecular weight is 434 g/mol. The molecule has 9 heteroatoms. The fourth-order valence-corrected chi connectivity index (χ4v) is 5.70. The van der Waals surface area contributed by atoms with Crippen molar-refractivity contribution in [2.24, 2.45) is 0 Å². The molecule has 1 aliphatic heterocycles. The van der Waals surface area contributed by atoms with Gasteiger partial charge in [-0.25, -0.2) is 13.4 Å². The van der Waals surface area contributed by atoms with Crippen molar-refractivity contribution in [1.29, 1.82) is 0 Å². The summed E-state index contributed by atoms with van der Waals surface area (Å²) in [6.45, 7) is 0. The highest BCUT2D eigenvalue weighted by atomic mass is 32.2. The number of aromatic nitrogens is 1. The second kappa shape index (κ2) is 7.73. The SMILES string of the molecule is CS(=O)(=O)Nc1ccc2sc(SCC(=O)C3CCc4ccccc4N3)nc2c1. The largest absolute Gasteiger partial charge is 0.375 e. The summed E-state index contributed by atoms with van der Waals surface area (Å²) in [6.07, 6.45) is 2.82. The van der Waals surface area contributed by atoms with Crippen molar-refractivity contribution in [2.75, 3.05) is 22.0 Å². The summed E-state index contributed by atoms with van der Waals surface area (Å²) in [6, 6.07) is 13.2. The molecule has 3 aromatic rings. The normalized spacial score (nSPS) is 16.4. The number of benzene rings is 2. The number of para-hydroxylation sites is 1. The van der Waals surface area contributed by atoms with Gasteiger partial charge >= 0.3 is 0 Å². The van der Waals surface area contributed by atoms with Crippen LogP contribution in [0, 0.1) is 0 Å². The first kappa shape index (κ1) is 19.2. The lowest BCUT2D eigenvalue weighted by Crippen LogP contribution is -2.34. The number of thiazole rings is 1. The van der Waals surface area contributed by atoms with E-state index in [-0.39, 0.29) is 11.8 Å². The first-order chi connectivity index (χ1) is 13.4. The minimum Gasteiger partial charge on any atom is -0.375 e. The highest BCUT2D eigenvalue weighted by Crippen LogP contribution is 2.32. The van der Waals surface area contributed by atoms with E-state index in [2.05, 4.69) is 21.1 Å². The number of sulfonamides is 1. The van der Waals surface area contributed by atoms with E-state index in [4.69, 9.17) is 0 Å². The van der Waals surface area contributed by atoms with Crippen LogP contribution < -0.4 is 10.0 Å². The first-order valence-corrected chi connectivity index (χ1v) is 12.4. The lowest BCUT2D eigenvalue weighted by Gasteiger charge is -2.25. The van der Waals surface area contributed by atoms with Gasteiger partial charge in [-0.3, -0.25) is 9.52 Å². The first-order valence-electron chi connectivity index (χ1n) is 8.76. The molecule has 0 radical (unpaired) electrons. The Labute approximate surface area is 171 Å². The summed E-state index contributed by atoms with van der Waals surface area (Å²) >= 11 is 2.93. The van der Waals surface area contributed by atoms with E-state index in [1.165, 1.54) is 28.7 Å². The molecular weight excluding hydrogens is 414 g/mol. The Morgan fingerprint density at radius 3 is 2.96 bits per heavy atom. The fraction of sp³-hybridized carbons (Fsp3) is 0.263. The number of Topliss-reactive ketones (excluding diaryl/α,β-unsaturated/α-hetero) is 1. The lowest BCUT2D eigenvalue weighted by atomic mass is 9.96. The van der Waals surface area contributed by atoms with Crippen molar-refractivity contribution in [3.8, 4) is 0 Å². The molecule has 2 aromatic carbocycles. The van der Waals surface area contributed by atoms with Crippen molar-refractivity contribution in [3.05, 3.63) is 48.0 Å². The van der Waals surface area contributed by atoms with Crippen LogP contribution in [-0.4, -0.2) is 37.2 Å². The van der Waals surface area contributed by atoms with E-state index in [0.29, 0.717) is 11.4 Å². The third-order valence-electron chi connectivity index (χ3n) is 4.45. The van der Waals surface area contributed by atoms with Gasteiger partial charge in [-0.2, -0.15) is 0 Å². The highest BCUT2D eigenvalue weighted by molar-refractivity contribution is 8.01. The van der Waals surface area contributed by atoms with Gasteiger partial charge in [-0.05, 0) is 42.7 Å². The summed E-state index contributed by atoms with van der Waals surface area (Å²) in [5.41, 5.74) is 3.50. The van der Waals surface area contributed by atoms with Crippen LogP contribution in [-0.2, 0) is 21.2 Å². The Morgan fingerprint density at radius 2 is 2.14 bits per heavy atom. The molecule has 2 N–H and O–H groups in total. The van der Waals surface area contributed by atoms with Gasteiger partial charge in [0.2, 0.25) is 10.0 Å². The summed E-state index contributed by atoms with van der Waals surface area (Å²) in [4.78, 5) is 17.2. The zero-order valence-electron chi connectivity index (χ0n) is 15.1. The van der Waals surface area contributed by atoms with E-state index >= 15 is 0 Å². The van der Waals surface area contributed by atoms with Crippen LogP contribution >= 0.6 is 23.1 Å². The summed E-state index contributed by atoms with van der Waals surface area (Å²) in [5.74, 6) is 0.520. The van der Waals surface area contributed by atoms with Gasteiger partial charge in [-0.15, -0.1) is 11.3 Å². The molecule has 0 saturated carbocycles. The Morgan fingerprint density at radius 1 is 1.32 bits per heavy atom. The number of carbonyl (C=O) groups excluding carboxylic acids is 1. The topological polar surface area (TPSA) is 88.2 Å². The maximum atomic E-state index is 12.6. The number of fused-ring (bicyclic) bond motifs is 2. The molecule has 1 aromatic heterocycles. The third kappa shape index (κ3) is 4.48. The number of nitrogens with one attached hydrogen (secondary N) is 2. The molecule has 0 amide bonds. The zero-order valence-corrected chi connectivity index (χ0v) is 17.6. The van der Waals surface area contributed by atoms with Crippen molar-refractivity contribution in [1.82, 2.24) is 4.98 Å². The van der Waals surface area contributed by atoms with Crippen molar-refractivity contribution < 1.29 is 13.2 Å². The molecule has 0 spiro atoms. The predicted molar refractivity (Wildman–Crippen MR) is 116 cm³/mol. The van der Waals surface area contributed by atoms with Crippen LogP contribution in [0.3, 0.4) is 0 Å². The highest BCUT2D eigenvalue weighted by Gasteiger charge is 2.23. The van der Waals surface area contributed by atoms with Crippen molar-refractivity contribution >= 4 is 60.5 Å². The number of anilines is 2. The molecule has 1 atom stereocenters. The second-order valence-electron chi connectivity index (χ2n) is 6.68. The molecule has 0 fully saturated rings. The van der Waals surface area contributed by atoms with Crippen LogP contribution in [0.1, 0.15) is 12.0 Å². The average Bonchev–Trinajstić information content (AvgIpc) is 3.06. The Hall–Kier alpha value is -2.10. The predicted octanol–water partition coefficient (Wildman–Crippen LogP) is 3.76. The third-order valence-corrected chi connectivity index (χ3v) is 7.26. The van der Waals surface area contributed by atoms with Gasteiger partial charge in [0.25, 0.3) is 0 Å². The number of rotatable bonds is 6. The number of ketones is 1. The molecule has 0 aliphatic carbocycles. The number of carbonyl (C=O) groups is 1. The maximum Gasteiger partial charge on any atom is 0.229 e. The molecule has 1 unspecified atom stereocenters. The molecular formula is C19H19N3O3S3. The number of aryl methyl sites for hydroxylation is 1. The van der Waals surface area contributed by atoms with E-state index < -0.39 is 10.0 Å². The van der Waals surface area contributed by atoms with Crippen LogP contribution in [0.15, 0.2) is 46.8 Å². The van der Waals surface area contributed by atoms with Crippen LogP contribution in [0.2, 0.25) is 0 Å². The minimum absolute atomic E-state index is 0.164. The quantitative estimate of drug-likeness (QED) is 0.576. The molecule has 4 rings (SSSR count). The molecule has 6 nitrogen and oxygen atoms in total. The summed E-state index contributed by atoms with van der Waals surface area (Å²) in [7, 11) is -3.33. The monoisotopic (exact) mass is 433 g/mol. The van der Waals surface area contributed by atoms with E-state index in [1.807, 2.05) is 24.3 Å². The van der Waals surface area contributed by atoms with Crippen molar-refractivity contribution in [3.63, 3.8) is 0 Å². The molecule has 146 valence electrons. The van der Waals surface area contributed by atoms with Crippen LogP contribution in [0.25, 0.3) is 10.2 Å². The standard InChI is InChI=1S/C19H19N3O3S3/c1-28(24,25)22-13-7-9-18-16(10-13)21-19(27-18)26-11-17(23)15-8-6-12-4-2-3-5-14(12)20-15/h2-5,7,9-10,15,20,22H,6,8,11H2,1H3. The number of hydrogen-bond donors (Lipinski definition) is 2. The van der Waals surface area contributed by atoms with E-state index in [9.17, 15) is 13.2 Å². The van der Waals surface area contributed by atoms with Gasteiger partial charge in [0.05, 0.1) is 34.0 Å². The van der Waals surface area contributed by atoms with Gasteiger partial charge in [0.15, 0.2) is 10.1 Å². The maximum absolute atomic E-state index is 12.6. The lowest BCUT2D eigenvalue weighted by molar-refractivity contribution is -0.117. The summed E-state index contributed by atoms with van der Waals surface area (Å²) in [5, 5.41) is 3.34. The second-order valence-corrected chi connectivity index (χ2v) is 10.7. The molecule has 0 bridgehead atoms. The zero-order chi connectivity index (χ0) is 19.7. The smallest absolute Gasteiger partial charge is 0.229 e. The van der Waals surface area contributed by atoms with Gasteiger partial charge in [0.1, 0.15) is 0 Å². The van der Waals surface area contributed by atoms with Gasteiger partial charge in [-0.1, -0.05) is 30.0 Å². The Balaban J connectivity index is 1.40. The molecule has 0 saturated heterocycles. The van der Waals surface area contributed by atoms with Gasteiger partial charge < -0.3 is 5.32 Å². The molecule has 1 aliphatic rings. The number of hydrogen-bond acceptors (Lipinski definition) is 7. The minimum atomic E-state index is -3.33. The Bertz CT molecular complexity index is 1140. The van der Waals surface area contributed by atoms with Crippen molar-refractivity contribution in [2.45, 2.75) is 23.2 Å². The van der Waals surface area contributed by atoms with Crippen LogP contribution in [0.5, 0.6) is 0 Å². The molecule has 28 heavy (non-hydrogen) atoms. The fourth-order valence-electron chi connectivity index (χ4n) is 3.16. The number of nitrogens with zero attached hydrogens (tertiary/aromatic N) is 1. The van der Waals surface area contributed by atoms with Crippen LogP contribution in [0.4, 0.5) is 11.4 Å².